The van der Waals surface area contributed by atoms with Crippen LogP contribution in [0.2, 0.25) is 0 Å². The van der Waals surface area contributed by atoms with E-state index in [1.54, 1.807) is 0 Å². The van der Waals surface area contributed by atoms with Crippen molar-refractivity contribution in [3.63, 3.8) is 0 Å². The molecule has 0 saturated carbocycles. The van der Waals surface area contributed by atoms with Gasteiger partial charge in [0.1, 0.15) is 5.56 Å². The fourth-order valence-corrected chi connectivity index (χ4v) is 1.23. The summed E-state index contributed by atoms with van der Waals surface area (Å²) in [6, 6.07) is 2.27. The van der Waals surface area contributed by atoms with E-state index in [1.165, 1.54) is 0 Å². The molecular weight excluding hydrogens is 265 g/mol. The minimum Gasteiger partial charge on any atom is -0.369 e. The molecule has 8 heteroatoms. The smallest absolute Gasteiger partial charge is 0.369 e. The second-order valence-electron chi connectivity index (χ2n) is 3.43. The van der Waals surface area contributed by atoms with Crippen molar-refractivity contribution in [2.24, 2.45) is 5.73 Å². The number of nitro benzene ring substituents is 1. The minimum atomic E-state index is -4.82. The first-order valence-electron chi connectivity index (χ1n) is 4.84. The lowest BCUT2D eigenvalue weighted by atomic mass is 10.1. The van der Waals surface area contributed by atoms with Gasteiger partial charge in [-0.3, -0.25) is 14.9 Å². The fraction of sp³-hybridized carbons (Fsp3) is 0.182. The molecule has 0 aliphatic carbocycles. The van der Waals surface area contributed by atoms with Crippen LogP contribution in [0.5, 0.6) is 0 Å². The van der Waals surface area contributed by atoms with Crippen molar-refractivity contribution in [3.8, 4) is 11.8 Å². The lowest BCUT2D eigenvalue weighted by Gasteiger charge is -2.07. The molecule has 0 atom stereocenters. The van der Waals surface area contributed by atoms with E-state index in [9.17, 15) is 28.1 Å². The van der Waals surface area contributed by atoms with E-state index in [2.05, 4.69) is 11.8 Å². The zero-order valence-corrected chi connectivity index (χ0v) is 9.32. The van der Waals surface area contributed by atoms with Crippen LogP contribution >= 0.6 is 0 Å². The number of carbonyl (C=O) groups is 1. The molecule has 0 radical (unpaired) electrons. The summed E-state index contributed by atoms with van der Waals surface area (Å²) in [4.78, 5) is 19.9. The molecule has 0 aliphatic heterocycles. The van der Waals surface area contributed by atoms with Crippen LogP contribution in [0.15, 0.2) is 18.2 Å². The molecule has 0 unspecified atom stereocenters. The quantitative estimate of drug-likeness (QED) is 0.506. The number of hydrogen-bond acceptors (Lipinski definition) is 3. The molecule has 0 aromatic heterocycles. The van der Waals surface area contributed by atoms with Crippen LogP contribution in [-0.2, 0) is 11.0 Å². The van der Waals surface area contributed by atoms with Crippen LogP contribution in [0.3, 0.4) is 0 Å². The van der Waals surface area contributed by atoms with Crippen molar-refractivity contribution < 1.29 is 22.9 Å². The monoisotopic (exact) mass is 272 g/mol. The largest absolute Gasteiger partial charge is 0.422 e. The van der Waals surface area contributed by atoms with E-state index in [1.807, 2.05) is 0 Å². The molecule has 1 aromatic carbocycles. The zero-order valence-electron chi connectivity index (χ0n) is 9.32. The maximum absolute atomic E-state index is 12.5. The molecule has 1 amide bonds. The highest BCUT2D eigenvalue weighted by atomic mass is 19.4. The number of benzene rings is 1. The van der Waals surface area contributed by atoms with E-state index >= 15 is 0 Å². The van der Waals surface area contributed by atoms with Crippen LogP contribution in [0, 0.1) is 22.0 Å². The maximum atomic E-state index is 12.5. The first-order chi connectivity index (χ1) is 8.71. The van der Waals surface area contributed by atoms with Gasteiger partial charge in [-0.15, -0.1) is 0 Å². The zero-order chi connectivity index (χ0) is 14.6. The number of primary amides is 1. The third-order valence-electron chi connectivity index (χ3n) is 2.00. The van der Waals surface area contributed by atoms with E-state index in [-0.39, 0.29) is 12.0 Å². The van der Waals surface area contributed by atoms with Gasteiger partial charge in [0.05, 0.1) is 11.3 Å². The Balaban J connectivity index is 3.20. The summed E-state index contributed by atoms with van der Waals surface area (Å²) >= 11 is 0. The highest BCUT2D eigenvalue weighted by Crippen LogP contribution is 2.36. The van der Waals surface area contributed by atoms with Crippen molar-refractivity contribution in [2.45, 2.75) is 12.6 Å². The third kappa shape index (κ3) is 3.99. The lowest BCUT2D eigenvalue weighted by Crippen LogP contribution is -2.09. The van der Waals surface area contributed by atoms with Crippen LogP contribution in [0.4, 0.5) is 18.9 Å². The predicted octanol–water partition coefficient (Wildman–Crippen LogP) is 1.84. The topological polar surface area (TPSA) is 86.2 Å². The van der Waals surface area contributed by atoms with Gasteiger partial charge in [0.15, 0.2) is 0 Å². The molecule has 0 bridgehead atoms. The molecule has 5 nitrogen and oxygen atoms in total. The van der Waals surface area contributed by atoms with Gasteiger partial charge >= 0.3 is 6.18 Å². The number of nitro groups is 1. The normalized spacial score (nSPS) is 10.5. The molecule has 2 N–H and O–H groups in total. The van der Waals surface area contributed by atoms with Crippen molar-refractivity contribution in [2.75, 3.05) is 0 Å². The van der Waals surface area contributed by atoms with Gasteiger partial charge in [0.25, 0.3) is 5.69 Å². The molecular formula is C11H7F3N2O3. The maximum Gasteiger partial charge on any atom is 0.422 e. The van der Waals surface area contributed by atoms with Crippen LogP contribution in [-0.4, -0.2) is 10.8 Å². The first kappa shape index (κ1) is 14.5. The molecule has 100 valence electrons. The first-order valence-corrected chi connectivity index (χ1v) is 4.84. The molecule has 0 aliphatic rings. The summed E-state index contributed by atoms with van der Waals surface area (Å²) in [6.45, 7) is 0. The second-order valence-corrected chi connectivity index (χ2v) is 3.43. The molecule has 0 spiro atoms. The fourth-order valence-electron chi connectivity index (χ4n) is 1.23. The number of rotatable bonds is 2. The van der Waals surface area contributed by atoms with E-state index < -0.39 is 28.3 Å². The highest BCUT2D eigenvalue weighted by Gasteiger charge is 2.38. The van der Waals surface area contributed by atoms with E-state index in [0.29, 0.717) is 12.1 Å². The Morgan fingerprint density at radius 1 is 1.42 bits per heavy atom. The lowest BCUT2D eigenvalue weighted by molar-refractivity contribution is -0.388. The van der Waals surface area contributed by atoms with Crippen molar-refractivity contribution >= 4 is 11.6 Å². The molecule has 0 heterocycles. The average Bonchev–Trinajstić information content (AvgIpc) is 2.26. The van der Waals surface area contributed by atoms with Gasteiger partial charge in [0, 0.05) is 11.6 Å². The molecule has 19 heavy (non-hydrogen) atoms. The third-order valence-corrected chi connectivity index (χ3v) is 2.00. The van der Waals surface area contributed by atoms with Gasteiger partial charge in [-0.05, 0) is 12.1 Å². The summed E-state index contributed by atoms with van der Waals surface area (Å²) in [5.41, 5.74) is 2.38. The Hall–Kier alpha value is -2.56. The number of carbonyl (C=O) groups excluding carboxylic acids is 1. The summed E-state index contributed by atoms with van der Waals surface area (Å²) in [5, 5.41) is 10.6. The van der Waals surface area contributed by atoms with Gasteiger partial charge in [-0.1, -0.05) is 11.8 Å². The number of nitrogens with zero attached hydrogens (tertiary/aromatic N) is 1. The highest BCUT2D eigenvalue weighted by molar-refractivity contribution is 5.76. The van der Waals surface area contributed by atoms with Crippen LogP contribution in [0.1, 0.15) is 17.5 Å². The summed E-state index contributed by atoms with van der Waals surface area (Å²) in [6.07, 6.45) is -5.10. The Morgan fingerprint density at radius 3 is 2.53 bits per heavy atom. The van der Waals surface area contributed by atoms with Crippen molar-refractivity contribution in [3.05, 3.63) is 39.4 Å². The van der Waals surface area contributed by atoms with Gasteiger partial charge < -0.3 is 5.73 Å². The number of halogens is 3. The van der Waals surface area contributed by atoms with Gasteiger partial charge in [-0.25, -0.2) is 0 Å². The summed E-state index contributed by atoms with van der Waals surface area (Å²) in [5.74, 6) is 3.92. The molecule has 1 aromatic rings. The SMILES string of the molecule is NC(=O)CC#Cc1ccc(C(F)(F)F)c([N+](=O)[O-])c1. The van der Waals surface area contributed by atoms with Crippen molar-refractivity contribution in [1.29, 1.82) is 0 Å². The van der Waals surface area contributed by atoms with Crippen LogP contribution < -0.4 is 5.73 Å². The average molecular weight is 272 g/mol. The summed E-state index contributed by atoms with van der Waals surface area (Å²) < 4.78 is 37.5. The van der Waals surface area contributed by atoms with Gasteiger partial charge in [0.2, 0.25) is 5.91 Å². The van der Waals surface area contributed by atoms with Crippen LogP contribution in [0.25, 0.3) is 0 Å². The number of hydrogen-bond donors (Lipinski definition) is 1. The predicted molar refractivity (Wildman–Crippen MR) is 58.8 cm³/mol. The Morgan fingerprint density at radius 2 is 2.05 bits per heavy atom. The molecule has 0 fully saturated rings. The Kier molecular flexibility index (Phi) is 4.11. The van der Waals surface area contributed by atoms with E-state index in [4.69, 9.17) is 5.73 Å². The molecule has 1 rings (SSSR count). The van der Waals surface area contributed by atoms with Gasteiger partial charge in [-0.2, -0.15) is 13.2 Å². The Labute approximate surface area is 105 Å². The van der Waals surface area contributed by atoms with Crippen molar-refractivity contribution in [1.82, 2.24) is 0 Å². The second kappa shape index (κ2) is 5.39. The number of alkyl halides is 3. The standard InChI is InChI=1S/C11H7F3N2O3/c12-11(13,14)8-5-4-7(2-1-3-10(15)17)6-9(8)16(18)19/h4-6H,3H2,(H2,15,17). The minimum absolute atomic E-state index is 0.000880. The Bertz CT molecular complexity index is 585. The molecule has 0 saturated heterocycles. The van der Waals surface area contributed by atoms with E-state index in [0.717, 1.165) is 6.07 Å². The summed E-state index contributed by atoms with van der Waals surface area (Å²) in [7, 11) is 0. The number of nitrogens with two attached hydrogens (primary N) is 1. The number of amides is 1.